The van der Waals surface area contributed by atoms with Crippen LogP contribution >= 0.6 is 0 Å². The van der Waals surface area contributed by atoms with Gasteiger partial charge in [-0.2, -0.15) is 0 Å². The molecule has 1 aromatic carbocycles. The van der Waals surface area contributed by atoms with Crippen molar-refractivity contribution in [3.8, 4) is 5.75 Å². The van der Waals surface area contributed by atoms with E-state index in [1.807, 2.05) is 0 Å². The van der Waals surface area contributed by atoms with Crippen LogP contribution in [0.15, 0.2) is 23.8 Å². The third kappa shape index (κ3) is 3.95. The molecule has 0 aromatic heterocycles. The number of carboxylic acids is 1. The van der Waals surface area contributed by atoms with E-state index in [0.29, 0.717) is 11.8 Å². The van der Waals surface area contributed by atoms with Crippen LogP contribution in [0.1, 0.15) is 86.7 Å². The maximum Gasteiger partial charge on any atom is 0.335 e. The highest BCUT2D eigenvalue weighted by atomic mass is 16.4. The molecular weight excluding hydrogens is 288 g/mol. The zero-order valence-corrected chi connectivity index (χ0v) is 14.6. The predicted octanol–water partition coefficient (Wildman–Crippen LogP) is 5.45. The Morgan fingerprint density at radius 1 is 1.35 bits per heavy atom. The van der Waals surface area contributed by atoms with Gasteiger partial charge < -0.3 is 10.2 Å². The van der Waals surface area contributed by atoms with Gasteiger partial charge in [-0.25, -0.2) is 4.79 Å². The highest BCUT2D eigenvalue weighted by Crippen LogP contribution is 2.47. The summed E-state index contributed by atoms with van der Waals surface area (Å²) in [5, 5.41) is 19.6. The van der Waals surface area contributed by atoms with Gasteiger partial charge >= 0.3 is 5.97 Å². The number of aromatic hydroxyl groups is 1. The van der Waals surface area contributed by atoms with E-state index < -0.39 is 5.97 Å². The summed E-state index contributed by atoms with van der Waals surface area (Å²) in [4.78, 5) is 11.3. The summed E-state index contributed by atoms with van der Waals surface area (Å²) in [7, 11) is 0. The fourth-order valence-electron chi connectivity index (χ4n) is 3.78. The maximum atomic E-state index is 11.3. The lowest BCUT2D eigenvalue weighted by Gasteiger charge is -2.34. The Bertz CT molecular complexity index is 612. The molecule has 3 unspecified atom stereocenters. The second-order valence-corrected chi connectivity index (χ2v) is 7.22. The van der Waals surface area contributed by atoms with E-state index in [0.717, 1.165) is 36.8 Å². The summed E-state index contributed by atoms with van der Waals surface area (Å²) >= 11 is 0. The van der Waals surface area contributed by atoms with E-state index in [-0.39, 0.29) is 17.2 Å². The van der Waals surface area contributed by atoms with E-state index in [1.165, 1.54) is 11.6 Å². The van der Waals surface area contributed by atoms with Crippen molar-refractivity contribution < 1.29 is 15.0 Å². The van der Waals surface area contributed by atoms with Crippen LogP contribution < -0.4 is 0 Å². The van der Waals surface area contributed by atoms with Gasteiger partial charge in [0.2, 0.25) is 0 Å². The molecule has 0 bridgehead atoms. The Hall–Kier alpha value is -1.77. The number of fused-ring (bicyclic) bond motifs is 1. The van der Waals surface area contributed by atoms with Gasteiger partial charge in [0, 0.05) is 5.56 Å². The van der Waals surface area contributed by atoms with Crippen molar-refractivity contribution in [2.24, 2.45) is 5.92 Å². The predicted molar refractivity (Wildman–Crippen MR) is 93.3 cm³/mol. The van der Waals surface area contributed by atoms with Gasteiger partial charge in [-0.05, 0) is 75.0 Å². The number of hydrogen-bond acceptors (Lipinski definition) is 2. The normalized spacial score (nSPS) is 21.4. The number of aromatic carboxylic acids is 1. The molecule has 0 fully saturated rings. The molecule has 126 valence electrons. The summed E-state index contributed by atoms with van der Waals surface area (Å²) in [6.45, 7) is 8.58. The van der Waals surface area contributed by atoms with Crippen molar-refractivity contribution in [3.05, 3.63) is 40.5 Å². The molecule has 0 saturated heterocycles. The van der Waals surface area contributed by atoms with Crippen molar-refractivity contribution in [3.63, 3.8) is 0 Å². The second kappa shape index (κ2) is 7.20. The minimum atomic E-state index is -0.975. The molecule has 3 nitrogen and oxygen atoms in total. The standard InChI is InChI=1S/C20H28O3/c1-12(2)6-5-7-13(3)16-9-8-14(4)19-17(16)10-15(20(22)23)11-18(19)21/h6,10-11,13-14,16,21H,5,7-9H2,1-4H3,(H,22,23). The lowest BCUT2D eigenvalue weighted by Crippen LogP contribution is -2.19. The Morgan fingerprint density at radius 2 is 2.04 bits per heavy atom. The largest absolute Gasteiger partial charge is 0.508 e. The van der Waals surface area contributed by atoms with Gasteiger partial charge in [0.05, 0.1) is 5.56 Å². The van der Waals surface area contributed by atoms with E-state index in [9.17, 15) is 15.0 Å². The van der Waals surface area contributed by atoms with Crippen LogP contribution in [0.4, 0.5) is 0 Å². The minimum absolute atomic E-state index is 0.147. The molecule has 0 saturated carbocycles. The molecule has 1 aliphatic rings. The van der Waals surface area contributed by atoms with Crippen molar-refractivity contribution in [1.82, 2.24) is 0 Å². The van der Waals surface area contributed by atoms with E-state index in [4.69, 9.17) is 0 Å². The van der Waals surface area contributed by atoms with Crippen LogP contribution in [0.2, 0.25) is 0 Å². The van der Waals surface area contributed by atoms with Crippen molar-refractivity contribution in [1.29, 1.82) is 0 Å². The second-order valence-electron chi connectivity index (χ2n) is 7.22. The summed E-state index contributed by atoms with van der Waals surface area (Å²) in [5.74, 6) is 0.261. The molecule has 0 spiro atoms. The molecule has 1 aliphatic carbocycles. The molecule has 3 heteroatoms. The number of carbonyl (C=O) groups is 1. The molecule has 1 aromatic rings. The molecule has 2 rings (SSSR count). The molecule has 0 amide bonds. The number of carboxylic acid groups (broad SMARTS) is 1. The average Bonchev–Trinajstić information content (AvgIpc) is 2.46. The highest BCUT2D eigenvalue weighted by molar-refractivity contribution is 5.88. The van der Waals surface area contributed by atoms with Crippen LogP contribution in [0.25, 0.3) is 0 Å². The van der Waals surface area contributed by atoms with E-state index >= 15 is 0 Å². The van der Waals surface area contributed by atoms with Crippen LogP contribution in [0.3, 0.4) is 0 Å². The lowest BCUT2D eigenvalue weighted by atomic mass is 9.71. The maximum absolute atomic E-state index is 11.3. The van der Waals surface area contributed by atoms with Crippen LogP contribution in [-0.2, 0) is 0 Å². The van der Waals surface area contributed by atoms with E-state index in [1.54, 1.807) is 6.07 Å². The highest BCUT2D eigenvalue weighted by Gasteiger charge is 2.31. The Labute approximate surface area is 139 Å². The number of rotatable bonds is 5. The van der Waals surface area contributed by atoms with Gasteiger partial charge in [-0.1, -0.05) is 25.5 Å². The van der Waals surface area contributed by atoms with E-state index in [2.05, 4.69) is 33.8 Å². The average molecular weight is 316 g/mol. The summed E-state index contributed by atoms with van der Waals surface area (Å²) in [5.41, 5.74) is 3.53. The quantitative estimate of drug-likeness (QED) is 0.710. The first kappa shape index (κ1) is 17.6. The third-order valence-electron chi connectivity index (χ3n) is 5.10. The number of allylic oxidation sites excluding steroid dienone is 2. The SMILES string of the molecule is CC(C)=CCCC(C)C1CCC(C)c2c(O)cc(C(=O)O)cc21. The first-order valence-corrected chi connectivity index (χ1v) is 8.54. The number of phenols is 1. The number of hydrogen-bond donors (Lipinski definition) is 2. The molecule has 23 heavy (non-hydrogen) atoms. The monoisotopic (exact) mass is 316 g/mol. The Morgan fingerprint density at radius 3 is 2.65 bits per heavy atom. The van der Waals surface area contributed by atoms with Crippen LogP contribution in [0, 0.1) is 5.92 Å². The van der Waals surface area contributed by atoms with Gasteiger partial charge in [-0.15, -0.1) is 0 Å². The Balaban J connectivity index is 2.33. The van der Waals surface area contributed by atoms with Crippen molar-refractivity contribution in [2.45, 2.75) is 65.2 Å². The molecule has 0 heterocycles. The molecule has 3 atom stereocenters. The smallest absolute Gasteiger partial charge is 0.335 e. The Kier molecular flexibility index (Phi) is 5.51. The summed E-state index contributed by atoms with van der Waals surface area (Å²) in [6.07, 6.45) is 6.50. The van der Waals surface area contributed by atoms with Gasteiger partial charge in [0.15, 0.2) is 0 Å². The molecule has 0 aliphatic heterocycles. The lowest BCUT2D eigenvalue weighted by molar-refractivity contribution is 0.0696. The summed E-state index contributed by atoms with van der Waals surface area (Å²) < 4.78 is 0. The first-order valence-electron chi connectivity index (χ1n) is 8.54. The van der Waals surface area contributed by atoms with Gasteiger partial charge in [0.25, 0.3) is 0 Å². The van der Waals surface area contributed by atoms with Crippen molar-refractivity contribution in [2.75, 3.05) is 0 Å². The van der Waals surface area contributed by atoms with Crippen LogP contribution in [0.5, 0.6) is 5.75 Å². The number of benzene rings is 1. The topological polar surface area (TPSA) is 57.5 Å². The minimum Gasteiger partial charge on any atom is -0.508 e. The van der Waals surface area contributed by atoms with Crippen LogP contribution in [-0.4, -0.2) is 16.2 Å². The fourth-order valence-corrected chi connectivity index (χ4v) is 3.78. The zero-order chi connectivity index (χ0) is 17.1. The molecular formula is C20H28O3. The fraction of sp³-hybridized carbons (Fsp3) is 0.550. The summed E-state index contributed by atoms with van der Waals surface area (Å²) in [6, 6.07) is 3.18. The van der Waals surface area contributed by atoms with Gasteiger partial charge in [-0.3, -0.25) is 0 Å². The third-order valence-corrected chi connectivity index (χ3v) is 5.10. The zero-order valence-electron chi connectivity index (χ0n) is 14.6. The molecule has 2 N–H and O–H groups in total. The van der Waals surface area contributed by atoms with Gasteiger partial charge in [0.1, 0.15) is 5.75 Å². The number of phenolic OH excluding ortho intramolecular Hbond substituents is 1. The first-order chi connectivity index (χ1) is 10.8. The molecule has 0 radical (unpaired) electrons. The van der Waals surface area contributed by atoms with Crippen molar-refractivity contribution >= 4 is 5.97 Å².